The van der Waals surface area contributed by atoms with E-state index >= 15 is 0 Å². The summed E-state index contributed by atoms with van der Waals surface area (Å²) < 4.78 is 26.1. The van der Waals surface area contributed by atoms with Crippen molar-refractivity contribution in [3.8, 4) is 22.9 Å². The Labute approximate surface area is 201 Å². The second-order valence-corrected chi connectivity index (χ2v) is 10.4. The Balaban J connectivity index is 1.58. The van der Waals surface area contributed by atoms with Gasteiger partial charge in [-0.1, -0.05) is 27.7 Å². The molecule has 1 aromatic carbocycles. The summed E-state index contributed by atoms with van der Waals surface area (Å²) in [6.45, 7) is 9.03. The van der Waals surface area contributed by atoms with E-state index in [0.717, 1.165) is 35.6 Å². The van der Waals surface area contributed by atoms with Crippen LogP contribution in [0.15, 0.2) is 42.9 Å². The fraction of sp³-hybridized carbons (Fsp3) is 0.464. The molecule has 5 nitrogen and oxygen atoms in total. The van der Waals surface area contributed by atoms with Crippen molar-refractivity contribution in [2.24, 2.45) is 11.3 Å². The van der Waals surface area contributed by atoms with Crippen molar-refractivity contribution in [3.05, 3.63) is 65.5 Å². The molecule has 0 aliphatic heterocycles. The summed E-state index contributed by atoms with van der Waals surface area (Å²) in [5.74, 6) is 2.07. The molecule has 34 heavy (non-hydrogen) atoms. The lowest BCUT2D eigenvalue weighted by atomic mass is 9.86. The Morgan fingerprint density at radius 2 is 1.88 bits per heavy atom. The Morgan fingerprint density at radius 1 is 1.09 bits per heavy atom. The van der Waals surface area contributed by atoms with Crippen LogP contribution in [0.3, 0.4) is 0 Å². The Hall–Kier alpha value is -3.02. The molecule has 180 valence electrons. The monoisotopic (exact) mass is 463 g/mol. The molecule has 0 radical (unpaired) electrons. The molecular formula is C28H34FN3O2. The van der Waals surface area contributed by atoms with Crippen LogP contribution >= 0.6 is 0 Å². The standard InChI is InChI=1S/C28H34FN3O2/c1-6-22(19-7-8-19)25-13-26(32-17-31-25)34-16-18-11-20(14-28(2,3)4)27(30-15-18)23-12-21(33-5)9-10-24(23)29/h9-13,15,17,19,22H,6-8,14,16H2,1-5H3. The van der Waals surface area contributed by atoms with Gasteiger partial charge in [-0.05, 0) is 66.8 Å². The van der Waals surface area contributed by atoms with Crippen LogP contribution in [-0.2, 0) is 13.0 Å². The molecule has 0 N–H and O–H groups in total. The average molecular weight is 464 g/mol. The molecular weight excluding hydrogens is 429 g/mol. The molecule has 2 heterocycles. The first-order chi connectivity index (χ1) is 16.3. The molecule has 1 aliphatic rings. The van der Waals surface area contributed by atoms with E-state index in [2.05, 4.69) is 48.7 Å². The zero-order valence-electron chi connectivity index (χ0n) is 20.8. The van der Waals surface area contributed by atoms with Crippen LogP contribution in [0.4, 0.5) is 4.39 Å². The number of aromatic nitrogens is 3. The van der Waals surface area contributed by atoms with Crippen molar-refractivity contribution >= 4 is 0 Å². The smallest absolute Gasteiger partial charge is 0.216 e. The van der Waals surface area contributed by atoms with E-state index in [-0.39, 0.29) is 11.2 Å². The van der Waals surface area contributed by atoms with E-state index < -0.39 is 0 Å². The Morgan fingerprint density at radius 3 is 2.56 bits per heavy atom. The highest BCUT2D eigenvalue weighted by atomic mass is 19.1. The maximum absolute atomic E-state index is 14.7. The van der Waals surface area contributed by atoms with Crippen LogP contribution in [0.1, 0.15) is 69.7 Å². The van der Waals surface area contributed by atoms with E-state index in [1.807, 2.05) is 6.07 Å². The largest absolute Gasteiger partial charge is 0.497 e. The van der Waals surface area contributed by atoms with E-state index in [1.165, 1.54) is 18.9 Å². The predicted molar refractivity (Wildman–Crippen MR) is 131 cm³/mol. The fourth-order valence-electron chi connectivity index (χ4n) is 4.48. The molecule has 0 amide bonds. The summed E-state index contributed by atoms with van der Waals surface area (Å²) in [5.41, 5.74) is 4.03. The number of methoxy groups -OCH3 is 1. The molecule has 0 bridgehead atoms. The van der Waals surface area contributed by atoms with Gasteiger partial charge < -0.3 is 9.47 Å². The van der Waals surface area contributed by atoms with Crippen molar-refractivity contribution in [3.63, 3.8) is 0 Å². The van der Waals surface area contributed by atoms with Gasteiger partial charge in [0.05, 0.1) is 18.5 Å². The molecule has 0 saturated heterocycles. The summed E-state index contributed by atoms with van der Waals surface area (Å²) in [4.78, 5) is 13.5. The minimum Gasteiger partial charge on any atom is -0.497 e. The Kier molecular flexibility index (Phi) is 7.15. The number of halogens is 1. The molecule has 1 aliphatic carbocycles. The van der Waals surface area contributed by atoms with E-state index in [0.29, 0.717) is 35.4 Å². The van der Waals surface area contributed by atoms with Gasteiger partial charge in [0.15, 0.2) is 0 Å². The molecule has 1 saturated carbocycles. The lowest BCUT2D eigenvalue weighted by molar-refractivity contribution is 0.291. The lowest BCUT2D eigenvalue weighted by Crippen LogP contribution is -2.12. The maximum atomic E-state index is 14.7. The molecule has 1 unspecified atom stereocenters. The summed E-state index contributed by atoms with van der Waals surface area (Å²) >= 11 is 0. The molecule has 0 spiro atoms. The van der Waals surface area contributed by atoms with Gasteiger partial charge in [-0.15, -0.1) is 0 Å². The highest BCUT2D eigenvalue weighted by molar-refractivity contribution is 5.66. The minimum atomic E-state index is -0.317. The Bertz CT molecular complexity index is 1140. The van der Waals surface area contributed by atoms with Gasteiger partial charge in [0.1, 0.15) is 24.5 Å². The van der Waals surface area contributed by atoms with Gasteiger partial charge in [0.2, 0.25) is 5.88 Å². The number of rotatable bonds is 9. The van der Waals surface area contributed by atoms with Crippen LogP contribution in [-0.4, -0.2) is 22.1 Å². The molecule has 1 atom stereocenters. The number of ether oxygens (including phenoxy) is 2. The van der Waals surface area contributed by atoms with E-state index in [4.69, 9.17) is 9.47 Å². The van der Waals surface area contributed by atoms with Gasteiger partial charge >= 0.3 is 0 Å². The van der Waals surface area contributed by atoms with Gasteiger partial charge in [-0.3, -0.25) is 4.98 Å². The molecule has 3 aromatic rings. The molecule has 2 aromatic heterocycles. The maximum Gasteiger partial charge on any atom is 0.216 e. The quantitative estimate of drug-likeness (QED) is 0.351. The van der Waals surface area contributed by atoms with Gasteiger partial charge in [-0.2, -0.15) is 0 Å². The molecule has 4 rings (SSSR count). The summed E-state index contributed by atoms with van der Waals surface area (Å²) in [5, 5.41) is 0. The summed E-state index contributed by atoms with van der Waals surface area (Å²) in [6, 6.07) is 8.77. The first kappa shape index (κ1) is 24.1. The molecule has 6 heteroatoms. The highest BCUT2D eigenvalue weighted by Gasteiger charge is 2.32. The van der Waals surface area contributed by atoms with E-state index in [9.17, 15) is 4.39 Å². The fourth-order valence-corrected chi connectivity index (χ4v) is 4.48. The van der Waals surface area contributed by atoms with Crippen LogP contribution in [0.25, 0.3) is 11.3 Å². The number of nitrogens with zero attached hydrogens (tertiary/aromatic N) is 3. The zero-order chi connectivity index (χ0) is 24.3. The van der Waals surface area contributed by atoms with Crippen LogP contribution in [0.5, 0.6) is 11.6 Å². The highest BCUT2D eigenvalue weighted by Crippen LogP contribution is 2.44. The summed E-state index contributed by atoms with van der Waals surface area (Å²) in [6.07, 6.45) is 7.72. The number of hydrogen-bond acceptors (Lipinski definition) is 5. The molecule has 1 fully saturated rings. The number of pyridine rings is 1. The van der Waals surface area contributed by atoms with Crippen molar-refractivity contribution in [1.29, 1.82) is 0 Å². The second-order valence-electron chi connectivity index (χ2n) is 10.4. The van der Waals surface area contributed by atoms with Crippen LogP contribution < -0.4 is 9.47 Å². The summed E-state index contributed by atoms with van der Waals surface area (Å²) in [7, 11) is 1.58. The van der Waals surface area contributed by atoms with E-state index in [1.54, 1.807) is 31.8 Å². The number of benzene rings is 1. The average Bonchev–Trinajstić information content (AvgIpc) is 3.63. The lowest BCUT2D eigenvalue weighted by Gasteiger charge is -2.21. The van der Waals surface area contributed by atoms with Crippen LogP contribution in [0.2, 0.25) is 0 Å². The third kappa shape index (κ3) is 5.91. The van der Waals surface area contributed by atoms with Crippen molar-refractivity contribution < 1.29 is 13.9 Å². The predicted octanol–water partition coefficient (Wildman–Crippen LogP) is 6.76. The SMILES string of the molecule is CCC(c1cc(OCc2cnc(-c3cc(OC)ccc3F)c(CC(C)(C)C)c2)ncn1)C1CC1. The van der Waals surface area contributed by atoms with Crippen molar-refractivity contribution in [2.45, 2.75) is 65.9 Å². The van der Waals surface area contributed by atoms with Crippen LogP contribution in [0, 0.1) is 17.2 Å². The zero-order valence-corrected chi connectivity index (χ0v) is 20.8. The first-order valence-corrected chi connectivity index (χ1v) is 12.0. The van der Waals surface area contributed by atoms with Gasteiger partial charge in [-0.25, -0.2) is 14.4 Å². The first-order valence-electron chi connectivity index (χ1n) is 12.0. The third-order valence-corrected chi connectivity index (χ3v) is 6.23. The topological polar surface area (TPSA) is 57.1 Å². The number of hydrogen-bond donors (Lipinski definition) is 0. The van der Waals surface area contributed by atoms with Gasteiger partial charge in [0.25, 0.3) is 0 Å². The normalized spacial score (nSPS) is 14.6. The second kappa shape index (κ2) is 10.1. The third-order valence-electron chi connectivity index (χ3n) is 6.23. The van der Waals surface area contributed by atoms with Crippen molar-refractivity contribution in [2.75, 3.05) is 7.11 Å². The van der Waals surface area contributed by atoms with Crippen molar-refractivity contribution in [1.82, 2.24) is 15.0 Å². The minimum absolute atomic E-state index is 0.00475. The van der Waals surface area contributed by atoms with Gasteiger partial charge in [0, 0.05) is 29.3 Å².